The van der Waals surface area contributed by atoms with E-state index in [-0.39, 0.29) is 11.7 Å². The summed E-state index contributed by atoms with van der Waals surface area (Å²) in [5.41, 5.74) is 10.0. The maximum atomic E-state index is 12.7. The Bertz CT molecular complexity index is 2740. The average Bonchev–Trinajstić information content (AvgIpc) is 1.86. The van der Waals surface area contributed by atoms with Crippen LogP contribution >= 0.6 is 11.9 Å². The number of piperazine rings is 1. The van der Waals surface area contributed by atoms with Crippen LogP contribution in [-0.4, -0.2) is 232 Å². The molecule has 96 heavy (non-hydrogen) atoms. The number of aliphatic carboxylic acids is 1. The Morgan fingerprint density at radius 1 is 0.771 bits per heavy atom. The largest absolute Gasteiger partial charge is 0.481 e. The number of aryl methyl sites for hydroxylation is 6. The smallest absolute Gasteiger partial charge is 0.315 e. The van der Waals surface area contributed by atoms with E-state index in [0.29, 0.717) is 64.5 Å². The quantitative estimate of drug-likeness (QED) is 0.0170. The first-order chi connectivity index (χ1) is 46.8. The van der Waals surface area contributed by atoms with E-state index in [0.717, 1.165) is 163 Å². The van der Waals surface area contributed by atoms with Gasteiger partial charge in [-0.1, -0.05) is 30.5 Å². The van der Waals surface area contributed by atoms with Crippen LogP contribution in [0.15, 0.2) is 36.4 Å². The normalized spacial score (nSPS) is 17.4. The number of carbonyl (C=O) groups excluding carboxylic acids is 4. The number of carboxylic acids is 1. The Labute approximate surface area is 578 Å². The number of amides is 1. The van der Waals surface area contributed by atoms with Crippen molar-refractivity contribution in [2.75, 3.05) is 156 Å². The van der Waals surface area contributed by atoms with Gasteiger partial charge in [-0.05, 0) is 236 Å². The third kappa shape index (κ3) is 32.5. The average molecular weight is 1360 g/mol. The Morgan fingerprint density at radius 3 is 2.03 bits per heavy atom. The number of hydrogen-bond donors (Lipinski definition) is 6. The van der Waals surface area contributed by atoms with Crippen molar-refractivity contribution in [2.45, 2.75) is 168 Å². The molecule has 7 heterocycles. The minimum atomic E-state index is -0.852. The molecule has 0 spiro atoms. The molecule has 10 rings (SSSR count). The molecule has 0 radical (unpaired) electrons. The number of benzene rings is 1. The topological polar surface area (TPSA) is 278 Å². The van der Waals surface area contributed by atoms with Gasteiger partial charge in [-0.2, -0.15) is 5.10 Å². The van der Waals surface area contributed by atoms with Crippen LogP contribution in [0.2, 0.25) is 0 Å². The highest BCUT2D eigenvalue weighted by molar-refractivity contribution is 8.01. The monoisotopic (exact) mass is 1360 g/mol. The summed E-state index contributed by atoms with van der Waals surface area (Å²) in [6.07, 6.45) is 27.3. The van der Waals surface area contributed by atoms with E-state index in [1.54, 1.807) is 14.2 Å². The number of aromatic nitrogens is 6. The lowest BCUT2D eigenvalue weighted by Crippen LogP contribution is -2.48. The molecule has 4 aromatic rings. The minimum absolute atomic E-state index is 0.0420. The number of aliphatic hydroxyl groups is 2. The van der Waals surface area contributed by atoms with Crippen molar-refractivity contribution in [3.63, 3.8) is 0 Å². The number of nitrogens with one attached hydrogen (secondary N) is 3. The number of aldehydes is 2. The fourth-order valence-corrected chi connectivity index (χ4v) is 13.2. The number of carbonyl (C=O) groups is 5. The number of methoxy groups -OCH3 is 2. The fraction of sp³-hybridized carbons (Fsp3) is 0.704. The molecule has 3 saturated heterocycles. The summed E-state index contributed by atoms with van der Waals surface area (Å²) >= 11 is 1.33. The number of hydrogen-bond acceptors (Lipinski definition) is 21. The molecule has 542 valence electrons. The molecule has 4 fully saturated rings. The van der Waals surface area contributed by atoms with Gasteiger partial charge in [0.25, 0.3) is 6.47 Å². The van der Waals surface area contributed by atoms with Crippen LogP contribution < -0.4 is 25.2 Å². The molecule has 3 unspecified atom stereocenters. The van der Waals surface area contributed by atoms with Crippen molar-refractivity contribution >= 4 is 60.1 Å². The third-order valence-electron chi connectivity index (χ3n) is 17.7. The molecule has 3 aromatic heterocycles. The van der Waals surface area contributed by atoms with E-state index in [2.05, 4.69) is 103 Å². The number of ether oxygens (including phenoxy) is 2. The van der Waals surface area contributed by atoms with Crippen LogP contribution in [0.25, 0.3) is 5.69 Å². The lowest BCUT2D eigenvalue weighted by atomic mass is 10.00. The zero-order valence-corrected chi connectivity index (χ0v) is 60.9. The zero-order valence-electron chi connectivity index (χ0n) is 60.1. The summed E-state index contributed by atoms with van der Waals surface area (Å²) in [5.74, 6) is 2.85. The van der Waals surface area contributed by atoms with Crippen molar-refractivity contribution < 1.29 is 48.8 Å². The number of unbranched alkanes of at least 4 members (excludes halogenated alkanes) is 7. The van der Waals surface area contributed by atoms with E-state index in [1.165, 1.54) is 133 Å². The van der Waals surface area contributed by atoms with Gasteiger partial charge < -0.3 is 69.3 Å². The van der Waals surface area contributed by atoms with Crippen molar-refractivity contribution in [3.8, 4) is 5.69 Å². The molecule has 1 amide bonds. The lowest BCUT2D eigenvalue weighted by Gasteiger charge is -2.37. The maximum Gasteiger partial charge on any atom is 0.315 e. The van der Waals surface area contributed by atoms with Crippen molar-refractivity contribution in [1.82, 2.24) is 55.1 Å². The van der Waals surface area contributed by atoms with Crippen LogP contribution in [0.3, 0.4) is 0 Å². The van der Waals surface area contributed by atoms with Gasteiger partial charge in [0, 0.05) is 117 Å². The highest BCUT2D eigenvalue weighted by Gasteiger charge is 2.38. The molecule has 6 aliphatic rings. The second-order valence-corrected chi connectivity index (χ2v) is 26.2. The van der Waals surface area contributed by atoms with Gasteiger partial charge in [0.1, 0.15) is 24.1 Å². The number of carboxylic acid groups (broad SMARTS) is 1. The predicted molar refractivity (Wildman–Crippen MR) is 386 cm³/mol. The predicted octanol–water partition coefficient (Wildman–Crippen LogP) is 8.23. The Balaban J connectivity index is 0.000000421. The molecular formula is C71H122N14O10S. The van der Waals surface area contributed by atoms with Gasteiger partial charge in [-0.25, -0.2) is 14.3 Å². The molecule has 0 bridgehead atoms. The van der Waals surface area contributed by atoms with E-state index in [9.17, 15) is 24.3 Å². The molecule has 25 heteroatoms. The van der Waals surface area contributed by atoms with Gasteiger partial charge in [-0.15, -0.1) is 5.10 Å². The van der Waals surface area contributed by atoms with E-state index in [1.807, 2.05) is 37.5 Å². The highest BCUT2D eigenvalue weighted by atomic mass is 32.2. The molecule has 3 atom stereocenters. The molecule has 1 aromatic carbocycles. The second-order valence-electron chi connectivity index (χ2n) is 25.2. The standard InChI is InChI=1S/C37H50N8O4S.C16H28N4.C7H15NO.C5H11N.C2H4O2.C2H6O.2CH4O/c1-27-20-28(2)45(40-27)34-22-32(42-15-17-43(18-16-42)35(47)7-3-4-19-46)21-33(23-34)44(50-25-36(48)49)26-41-14-12-29(24-41)8-10-31-11-9-30-6-5-13-38-37(30)39-31;1-17-10-4-2-3-5-11-20-16-9-7-14-12-13(14)6-8-15(16)18-19-20;1-8-6-4-2-3-5-7-9;1-6-4-2-3-5-6;1-4-2-3;1-3-2;2*1-2/h9,11,19-23,29H,3-8,10,12-18,24-26H2,1-2H3,(H,38,39)(H,48,49);13-14,17H,2-12H2,1H3;7-8H,2-6H2,1H3;2-5H2,1H3;2H,1H3;1-2H3;2*2H,1H3. The first-order valence-corrected chi connectivity index (χ1v) is 36.0. The Hall–Kier alpha value is -6.06. The van der Waals surface area contributed by atoms with Crippen molar-refractivity contribution in [2.24, 2.45) is 17.8 Å². The number of rotatable bonds is 29. The Kier molecular flexibility index (Phi) is 44.9. The lowest BCUT2D eigenvalue weighted by molar-refractivity contribution is -0.134. The van der Waals surface area contributed by atoms with Crippen LogP contribution in [-0.2, 0) is 65.7 Å². The summed E-state index contributed by atoms with van der Waals surface area (Å²) in [5, 5.41) is 47.0. The van der Waals surface area contributed by atoms with E-state index < -0.39 is 5.97 Å². The Morgan fingerprint density at radius 2 is 1.42 bits per heavy atom. The van der Waals surface area contributed by atoms with Crippen LogP contribution in [0.4, 0.5) is 17.2 Å². The van der Waals surface area contributed by atoms with Crippen LogP contribution in [0.1, 0.15) is 156 Å². The van der Waals surface area contributed by atoms with Gasteiger partial charge in [-0.3, -0.25) is 19.3 Å². The third-order valence-corrected chi connectivity index (χ3v) is 18.7. The SMILES string of the molecule is CN1CCCC1.CNCCCCCC=O.CNCCCCCCn1nnc2c1CCC1CC1CC2.CO.CO.COC.COC=O.Cc1cc(C)n(-c2cc(N3CCN(C(=O)CCCC=O)CC3)cc(N(CN3CCC(CCc4ccc5c(n4)NCCC5)C3)SCC(=O)O)c2)n1. The van der Waals surface area contributed by atoms with Crippen molar-refractivity contribution in [1.29, 1.82) is 0 Å². The number of fused-ring (bicyclic) bond motifs is 3. The van der Waals surface area contributed by atoms with E-state index in [4.69, 9.17) is 25.1 Å². The molecular weight excluding hydrogens is 1240 g/mol. The zero-order chi connectivity index (χ0) is 70.3. The molecule has 24 nitrogen and oxygen atoms in total. The maximum absolute atomic E-state index is 12.7. The van der Waals surface area contributed by atoms with Gasteiger partial charge in [0.2, 0.25) is 5.91 Å². The van der Waals surface area contributed by atoms with Gasteiger partial charge >= 0.3 is 5.97 Å². The highest BCUT2D eigenvalue weighted by Crippen LogP contribution is 2.46. The van der Waals surface area contributed by atoms with Gasteiger partial charge in [0.05, 0.1) is 42.2 Å². The van der Waals surface area contributed by atoms with Gasteiger partial charge in [0.15, 0.2) is 0 Å². The summed E-state index contributed by atoms with van der Waals surface area (Å²) < 4.78 is 14.4. The fourth-order valence-electron chi connectivity index (χ4n) is 12.5. The summed E-state index contributed by atoms with van der Waals surface area (Å²) in [6.45, 7) is 16.4. The summed E-state index contributed by atoms with van der Waals surface area (Å²) in [6, 6.07) is 12.9. The van der Waals surface area contributed by atoms with Crippen LogP contribution in [0.5, 0.6) is 0 Å². The second kappa shape index (κ2) is 51.2. The first kappa shape index (κ1) is 84.2. The first-order valence-electron chi connectivity index (χ1n) is 35.1. The van der Waals surface area contributed by atoms with E-state index >= 15 is 0 Å². The molecule has 4 aliphatic heterocycles. The number of pyridine rings is 1. The summed E-state index contributed by atoms with van der Waals surface area (Å²) in [7, 11) is 12.7. The number of likely N-dealkylation sites (tertiary alicyclic amines) is 2. The molecule has 6 N–H and O–H groups in total. The number of nitrogens with zero attached hydrogens (tertiary/aromatic N) is 11. The van der Waals surface area contributed by atoms with Crippen molar-refractivity contribution in [3.05, 3.63) is 70.4 Å². The number of anilines is 3. The number of aliphatic hydroxyl groups excluding tert-OH is 2. The minimum Gasteiger partial charge on any atom is -0.481 e. The van der Waals surface area contributed by atoms with Crippen LogP contribution in [0, 0.1) is 31.6 Å². The summed E-state index contributed by atoms with van der Waals surface area (Å²) in [4.78, 5) is 67.9. The molecule has 1 saturated carbocycles. The molecule has 2 aliphatic carbocycles.